The summed E-state index contributed by atoms with van der Waals surface area (Å²) in [6.07, 6.45) is 1.59. The number of rotatable bonds is 10. The molecule has 1 rings (SSSR count). The largest absolute Gasteiger partial charge is 0.354 e. The number of hydrogen-bond acceptors (Lipinski definition) is 7. The highest BCUT2D eigenvalue weighted by Gasteiger charge is 2.15. The summed E-state index contributed by atoms with van der Waals surface area (Å²) < 4.78 is 11.8. The van der Waals surface area contributed by atoms with Gasteiger partial charge >= 0.3 is 0 Å². The molecule has 0 aliphatic carbocycles. The van der Waals surface area contributed by atoms with E-state index in [1.807, 2.05) is 6.92 Å². The lowest BCUT2D eigenvalue weighted by Gasteiger charge is -2.14. The Morgan fingerprint density at radius 2 is 2.14 bits per heavy atom. The quantitative estimate of drug-likeness (QED) is 0.501. The van der Waals surface area contributed by atoms with E-state index in [9.17, 15) is 4.79 Å². The van der Waals surface area contributed by atoms with Crippen LogP contribution in [-0.2, 0) is 20.8 Å². The number of carbonyl (C=O) groups excluding carboxylic acids is 1. The Bertz CT molecular complexity index is 425. The lowest BCUT2D eigenvalue weighted by molar-refractivity contribution is -0.119. The van der Waals surface area contributed by atoms with Crippen LogP contribution in [0.4, 0.5) is 0 Å². The zero-order valence-electron chi connectivity index (χ0n) is 12.9. The Hall–Kier alpha value is -1.19. The van der Waals surface area contributed by atoms with Gasteiger partial charge in [0.1, 0.15) is 0 Å². The van der Waals surface area contributed by atoms with Gasteiger partial charge in [0.2, 0.25) is 11.1 Å². The molecule has 0 aliphatic heterocycles. The molecule has 0 fully saturated rings. The molecule has 0 bridgehead atoms. The molecule has 0 aliphatic rings. The van der Waals surface area contributed by atoms with Crippen LogP contribution in [-0.4, -0.2) is 58.4 Å². The van der Waals surface area contributed by atoms with E-state index in [0.717, 1.165) is 12.8 Å². The van der Waals surface area contributed by atoms with Crippen molar-refractivity contribution in [3.63, 3.8) is 0 Å². The first-order valence-electron chi connectivity index (χ1n) is 6.84. The lowest BCUT2D eigenvalue weighted by Crippen LogP contribution is -2.33. The van der Waals surface area contributed by atoms with Crippen LogP contribution in [0.15, 0.2) is 5.16 Å². The van der Waals surface area contributed by atoms with Crippen LogP contribution in [0, 0.1) is 0 Å². The molecule has 0 radical (unpaired) electrons. The second kappa shape index (κ2) is 9.69. The summed E-state index contributed by atoms with van der Waals surface area (Å²) in [5, 5.41) is 14.9. The maximum absolute atomic E-state index is 11.8. The SMILES string of the molecule is CCCC(C)NC(=O)CSc1nnnn1CC(OC)OC. The van der Waals surface area contributed by atoms with Crippen LogP contribution in [0.1, 0.15) is 26.7 Å². The molecule has 9 heteroatoms. The maximum Gasteiger partial charge on any atom is 0.230 e. The van der Waals surface area contributed by atoms with Gasteiger partial charge in [0.05, 0.1) is 12.3 Å². The normalized spacial score (nSPS) is 12.6. The molecular formula is C12H23N5O3S. The first-order chi connectivity index (χ1) is 10.1. The highest BCUT2D eigenvalue weighted by atomic mass is 32.2. The molecule has 8 nitrogen and oxygen atoms in total. The van der Waals surface area contributed by atoms with E-state index in [0.29, 0.717) is 11.7 Å². The smallest absolute Gasteiger partial charge is 0.230 e. The molecule has 1 heterocycles. The molecule has 120 valence electrons. The standard InChI is InChI=1S/C12H23N5O3S/c1-5-6-9(2)13-10(18)8-21-12-14-15-16-17(12)7-11(19-3)20-4/h9,11H,5-8H2,1-4H3,(H,13,18). The van der Waals surface area contributed by atoms with Crippen LogP contribution in [0.5, 0.6) is 0 Å². The van der Waals surface area contributed by atoms with Gasteiger partial charge in [0.15, 0.2) is 6.29 Å². The van der Waals surface area contributed by atoms with E-state index in [4.69, 9.17) is 9.47 Å². The third-order valence-corrected chi connectivity index (χ3v) is 3.77. The fourth-order valence-electron chi connectivity index (χ4n) is 1.75. The number of thioether (sulfide) groups is 1. The van der Waals surface area contributed by atoms with E-state index in [1.54, 1.807) is 18.9 Å². The first-order valence-corrected chi connectivity index (χ1v) is 7.83. The van der Waals surface area contributed by atoms with Crippen molar-refractivity contribution in [2.45, 2.75) is 50.7 Å². The summed E-state index contributed by atoms with van der Waals surface area (Å²) in [5.41, 5.74) is 0. The molecule has 1 aromatic rings. The van der Waals surface area contributed by atoms with Crippen molar-refractivity contribution in [3.05, 3.63) is 0 Å². The van der Waals surface area contributed by atoms with Crippen LogP contribution >= 0.6 is 11.8 Å². The minimum absolute atomic E-state index is 0.0227. The molecule has 1 aromatic heterocycles. The lowest BCUT2D eigenvalue weighted by atomic mass is 10.2. The minimum Gasteiger partial charge on any atom is -0.354 e. The topological polar surface area (TPSA) is 91.2 Å². The van der Waals surface area contributed by atoms with Crippen LogP contribution in [0.3, 0.4) is 0 Å². The van der Waals surface area contributed by atoms with E-state index in [-0.39, 0.29) is 17.7 Å². The number of amides is 1. The van der Waals surface area contributed by atoms with Gasteiger partial charge < -0.3 is 14.8 Å². The van der Waals surface area contributed by atoms with E-state index < -0.39 is 6.29 Å². The number of nitrogens with one attached hydrogen (secondary N) is 1. The summed E-state index contributed by atoms with van der Waals surface area (Å²) >= 11 is 1.29. The van der Waals surface area contributed by atoms with Crippen molar-refractivity contribution in [2.75, 3.05) is 20.0 Å². The fraction of sp³-hybridized carbons (Fsp3) is 0.833. The van der Waals surface area contributed by atoms with Crippen LogP contribution in [0.25, 0.3) is 0 Å². The summed E-state index contributed by atoms with van der Waals surface area (Å²) in [6, 6.07) is 0.186. The predicted octanol–water partition coefficient (Wildman–Crippen LogP) is 0.689. The molecule has 0 saturated carbocycles. The number of hydrogen-bond donors (Lipinski definition) is 1. The second-order valence-electron chi connectivity index (χ2n) is 4.59. The van der Waals surface area contributed by atoms with Gasteiger partial charge in [-0.15, -0.1) is 5.10 Å². The van der Waals surface area contributed by atoms with Crippen LogP contribution < -0.4 is 5.32 Å². The molecule has 1 atom stereocenters. The van der Waals surface area contributed by atoms with Crippen molar-refractivity contribution in [2.24, 2.45) is 0 Å². The van der Waals surface area contributed by atoms with Gasteiger partial charge in [0, 0.05) is 20.3 Å². The summed E-state index contributed by atoms with van der Waals surface area (Å²) in [4.78, 5) is 11.8. The number of aromatic nitrogens is 4. The Kier molecular flexibility index (Phi) is 8.24. The van der Waals surface area contributed by atoms with Gasteiger partial charge in [-0.25, -0.2) is 4.68 Å². The number of ether oxygens (including phenoxy) is 2. The average Bonchev–Trinajstić information content (AvgIpc) is 2.89. The summed E-state index contributed by atoms with van der Waals surface area (Å²) in [7, 11) is 3.10. The zero-order chi connectivity index (χ0) is 15.7. The number of nitrogens with zero attached hydrogens (tertiary/aromatic N) is 4. The Morgan fingerprint density at radius 3 is 2.76 bits per heavy atom. The van der Waals surface area contributed by atoms with Crippen molar-refractivity contribution >= 4 is 17.7 Å². The first kappa shape index (κ1) is 17.9. The molecular weight excluding hydrogens is 294 g/mol. The molecule has 1 unspecified atom stereocenters. The third-order valence-electron chi connectivity index (χ3n) is 2.81. The number of carbonyl (C=O) groups is 1. The van der Waals surface area contributed by atoms with Gasteiger partial charge in [0.25, 0.3) is 0 Å². The molecule has 0 saturated heterocycles. The predicted molar refractivity (Wildman–Crippen MR) is 78.9 cm³/mol. The minimum atomic E-state index is -0.425. The van der Waals surface area contributed by atoms with Crippen molar-refractivity contribution in [1.82, 2.24) is 25.5 Å². The second-order valence-corrected chi connectivity index (χ2v) is 5.53. The van der Waals surface area contributed by atoms with Gasteiger partial charge in [-0.05, 0) is 23.8 Å². The molecule has 1 N–H and O–H groups in total. The highest BCUT2D eigenvalue weighted by molar-refractivity contribution is 7.99. The monoisotopic (exact) mass is 317 g/mol. The molecule has 21 heavy (non-hydrogen) atoms. The van der Waals surface area contributed by atoms with E-state index in [1.165, 1.54) is 11.8 Å². The molecule has 0 spiro atoms. The van der Waals surface area contributed by atoms with E-state index >= 15 is 0 Å². The summed E-state index contributed by atoms with van der Waals surface area (Å²) in [6.45, 7) is 4.46. The molecule has 1 amide bonds. The van der Waals surface area contributed by atoms with Gasteiger partial charge in [-0.1, -0.05) is 25.1 Å². The van der Waals surface area contributed by atoms with E-state index in [2.05, 4.69) is 27.8 Å². The Labute approximate surface area is 128 Å². The van der Waals surface area contributed by atoms with Gasteiger partial charge in [-0.3, -0.25) is 4.79 Å². The summed E-state index contributed by atoms with van der Waals surface area (Å²) in [5.74, 6) is 0.254. The third kappa shape index (κ3) is 6.40. The van der Waals surface area contributed by atoms with Crippen molar-refractivity contribution < 1.29 is 14.3 Å². The Morgan fingerprint density at radius 1 is 1.43 bits per heavy atom. The highest BCUT2D eigenvalue weighted by Crippen LogP contribution is 2.14. The average molecular weight is 317 g/mol. The number of tetrazole rings is 1. The van der Waals surface area contributed by atoms with Crippen molar-refractivity contribution in [3.8, 4) is 0 Å². The molecule has 0 aromatic carbocycles. The maximum atomic E-state index is 11.8. The van der Waals surface area contributed by atoms with Crippen LogP contribution in [0.2, 0.25) is 0 Å². The van der Waals surface area contributed by atoms with Crippen molar-refractivity contribution in [1.29, 1.82) is 0 Å². The zero-order valence-corrected chi connectivity index (χ0v) is 13.7. The number of methoxy groups -OCH3 is 2. The van der Waals surface area contributed by atoms with Gasteiger partial charge in [-0.2, -0.15) is 0 Å². The Balaban J connectivity index is 2.45. The fourth-order valence-corrected chi connectivity index (χ4v) is 2.45.